The third-order valence-electron chi connectivity index (χ3n) is 4.38. The number of aromatic nitrogens is 2. The van der Waals surface area contributed by atoms with Crippen LogP contribution in [-0.2, 0) is 14.8 Å². The van der Waals surface area contributed by atoms with E-state index in [1.165, 1.54) is 30.2 Å². The van der Waals surface area contributed by atoms with Crippen LogP contribution in [0.25, 0.3) is 0 Å². The van der Waals surface area contributed by atoms with Gasteiger partial charge in [-0.05, 0) is 32.4 Å². The number of rotatable bonds is 8. The predicted octanol–water partition coefficient (Wildman–Crippen LogP) is 4.58. The zero-order chi connectivity index (χ0) is 22.8. The third-order valence-corrected chi connectivity index (χ3v) is 7.75. The first-order valence-electron chi connectivity index (χ1n) is 9.66. The fourth-order valence-corrected chi connectivity index (χ4v) is 5.99. The number of benzene rings is 1. The minimum Gasteiger partial charge on any atom is -0.367 e. The number of nitrogens with zero attached hydrogens (tertiary/aromatic N) is 2. The minimum atomic E-state index is -3.55. The Labute approximate surface area is 196 Å². The zero-order valence-corrected chi connectivity index (χ0v) is 20.3. The summed E-state index contributed by atoms with van der Waals surface area (Å²) in [6.07, 6.45) is 1.89. The highest BCUT2D eigenvalue weighted by atomic mass is 35.5. The van der Waals surface area contributed by atoms with E-state index in [-0.39, 0.29) is 39.1 Å². The standard InChI is InChI=1S/C19H23Cl2N5O3S2/c1-4-7-31(28,29)26-13-6-5-12(20)16(14(13)21)25-19(27)11-8-30-17-15(11)22-9-23-18(17)24-10(2)3/h5-6,9-11,26H,4,7-8H2,1-3H3,(H,25,27)(H,22,23,24). The number of fused-ring (bicyclic) bond motifs is 1. The number of thioether (sulfide) groups is 1. The molecule has 0 saturated heterocycles. The molecule has 12 heteroatoms. The molecule has 1 aromatic carbocycles. The van der Waals surface area contributed by atoms with Gasteiger partial charge in [-0.2, -0.15) is 0 Å². The lowest BCUT2D eigenvalue weighted by molar-refractivity contribution is -0.117. The highest BCUT2D eigenvalue weighted by Gasteiger charge is 2.34. The third kappa shape index (κ3) is 5.54. The molecule has 3 N–H and O–H groups in total. The summed E-state index contributed by atoms with van der Waals surface area (Å²) in [6.45, 7) is 5.77. The molecule has 0 spiro atoms. The number of nitrogens with one attached hydrogen (secondary N) is 3. The molecule has 3 rings (SSSR count). The SMILES string of the molecule is CCCS(=O)(=O)Nc1ccc(Cl)c(NC(=O)C2CSc3c(NC(C)C)ncnc32)c1Cl. The highest BCUT2D eigenvalue weighted by molar-refractivity contribution is 7.99. The van der Waals surface area contributed by atoms with E-state index in [9.17, 15) is 13.2 Å². The fraction of sp³-hybridized carbons (Fsp3) is 0.421. The van der Waals surface area contributed by atoms with Gasteiger partial charge in [-0.25, -0.2) is 18.4 Å². The smallest absolute Gasteiger partial charge is 0.234 e. The van der Waals surface area contributed by atoms with Crippen LogP contribution in [0.5, 0.6) is 0 Å². The zero-order valence-electron chi connectivity index (χ0n) is 17.2. The van der Waals surface area contributed by atoms with Gasteiger partial charge in [0.15, 0.2) is 0 Å². The van der Waals surface area contributed by atoms with E-state index in [2.05, 4.69) is 25.3 Å². The predicted molar refractivity (Wildman–Crippen MR) is 127 cm³/mol. The summed E-state index contributed by atoms with van der Waals surface area (Å²) in [7, 11) is -3.55. The molecule has 1 aromatic heterocycles. The van der Waals surface area contributed by atoms with Crippen molar-refractivity contribution in [2.45, 2.75) is 44.0 Å². The van der Waals surface area contributed by atoms with Gasteiger partial charge in [0.05, 0.1) is 43.7 Å². The van der Waals surface area contributed by atoms with Crippen LogP contribution in [0.2, 0.25) is 10.0 Å². The second-order valence-corrected chi connectivity index (χ2v) is 11.0. The molecule has 1 aliphatic heterocycles. The van der Waals surface area contributed by atoms with Crippen molar-refractivity contribution in [2.24, 2.45) is 0 Å². The molecule has 0 aliphatic carbocycles. The summed E-state index contributed by atoms with van der Waals surface area (Å²) in [4.78, 5) is 22.5. The summed E-state index contributed by atoms with van der Waals surface area (Å²) in [5, 5.41) is 6.23. The Balaban J connectivity index is 1.85. The molecule has 2 aromatic rings. The van der Waals surface area contributed by atoms with Crippen molar-refractivity contribution >= 4 is 68.1 Å². The van der Waals surface area contributed by atoms with Crippen molar-refractivity contribution in [2.75, 3.05) is 26.9 Å². The van der Waals surface area contributed by atoms with E-state index in [1.807, 2.05) is 13.8 Å². The highest BCUT2D eigenvalue weighted by Crippen LogP contribution is 2.43. The van der Waals surface area contributed by atoms with Gasteiger partial charge >= 0.3 is 0 Å². The second kappa shape index (κ2) is 9.81. The van der Waals surface area contributed by atoms with Gasteiger partial charge in [0.2, 0.25) is 15.9 Å². The van der Waals surface area contributed by atoms with E-state index in [0.717, 1.165) is 4.90 Å². The summed E-state index contributed by atoms with van der Waals surface area (Å²) >= 11 is 14.1. The lowest BCUT2D eigenvalue weighted by Gasteiger charge is -2.16. The van der Waals surface area contributed by atoms with E-state index in [1.54, 1.807) is 6.92 Å². The van der Waals surface area contributed by atoms with Crippen LogP contribution >= 0.6 is 35.0 Å². The average molecular weight is 504 g/mol. The number of halogens is 2. The lowest BCUT2D eigenvalue weighted by atomic mass is 10.1. The van der Waals surface area contributed by atoms with Crippen LogP contribution in [0.4, 0.5) is 17.2 Å². The molecule has 0 bridgehead atoms. The number of carbonyl (C=O) groups excluding carboxylic acids is 1. The summed E-state index contributed by atoms with van der Waals surface area (Å²) in [5.74, 6) is 0.283. The molecule has 0 radical (unpaired) electrons. The van der Waals surface area contributed by atoms with E-state index < -0.39 is 15.9 Å². The Morgan fingerprint density at radius 1 is 1.29 bits per heavy atom. The van der Waals surface area contributed by atoms with Gasteiger partial charge in [0.25, 0.3) is 0 Å². The average Bonchev–Trinajstić information content (AvgIpc) is 3.12. The molecule has 168 valence electrons. The van der Waals surface area contributed by atoms with Crippen LogP contribution < -0.4 is 15.4 Å². The lowest BCUT2D eigenvalue weighted by Crippen LogP contribution is -2.23. The first-order valence-corrected chi connectivity index (χ1v) is 13.1. The van der Waals surface area contributed by atoms with Crippen LogP contribution in [-0.4, -0.2) is 41.8 Å². The number of hydrogen-bond donors (Lipinski definition) is 3. The summed E-state index contributed by atoms with van der Waals surface area (Å²) in [5.41, 5.74) is 0.938. The molecule has 8 nitrogen and oxygen atoms in total. The number of amides is 1. The largest absolute Gasteiger partial charge is 0.367 e. The van der Waals surface area contributed by atoms with Crippen molar-refractivity contribution in [1.29, 1.82) is 0 Å². The molecule has 1 atom stereocenters. The Bertz CT molecular complexity index is 1100. The van der Waals surface area contributed by atoms with Crippen LogP contribution in [0.1, 0.15) is 38.8 Å². The normalized spacial score (nSPS) is 15.6. The second-order valence-electron chi connectivity index (χ2n) is 7.29. The Morgan fingerprint density at radius 2 is 2.03 bits per heavy atom. The van der Waals surface area contributed by atoms with Crippen LogP contribution in [0, 0.1) is 0 Å². The maximum absolute atomic E-state index is 13.1. The monoisotopic (exact) mass is 503 g/mol. The maximum atomic E-state index is 13.1. The molecule has 2 heterocycles. The molecule has 31 heavy (non-hydrogen) atoms. The van der Waals surface area contributed by atoms with E-state index >= 15 is 0 Å². The van der Waals surface area contributed by atoms with Gasteiger partial charge in [-0.1, -0.05) is 30.1 Å². The molecule has 0 saturated carbocycles. The number of carbonyl (C=O) groups is 1. The molecule has 0 fully saturated rings. The molecular weight excluding hydrogens is 481 g/mol. The van der Waals surface area contributed by atoms with Crippen molar-refractivity contribution < 1.29 is 13.2 Å². The van der Waals surface area contributed by atoms with Crippen molar-refractivity contribution in [3.8, 4) is 0 Å². The number of sulfonamides is 1. The number of anilines is 3. The summed E-state index contributed by atoms with van der Waals surface area (Å²) in [6, 6.07) is 3.13. The summed E-state index contributed by atoms with van der Waals surface area (Å²) < 4.78 is 26.7. The Hall–Kier alpha value is -1.75. The van der Waals surface area contributed by atoms with E-state index in [4.69, 9.17) is 23.2 Å². The minimum absolute atomic E-state index is 0.0243. The van der Waals surface area contributed by atoms with Gasteiger partial charge < -0.3 is 10.6 Å². The van der Waals surface area contributed by atoms with Gasteiger partial charge in [0.1, 0.15) is 12.1 Å². The molecule has 1 amide bonds. The quantitative estimate of drug-likeness (QED) is 0.482. The topological polar surface area (TPSA) is 113 Å². The van der Waals surface area contributed by atoms with Gasteiger partial charge in [-0.15, -0.1) is 11.8 Å². The Morgan fingerprint density at radius 3 is 2.71 bits per heavy atom. The van der Waals surface area contributed by atoms with E-state index in [0.29, 0.717) is 23.7 Å². The van der Waals surface area contributed by atoms with Crippen molar-refractivity contribution in [1.82, 2.24) is 9.97 Å². The van der Waals surface area contributed by atoms with Gasteiger partial charge in [-0.3, -0.25) is 9.52 Å². The molecule has 1 unspecified atom stereocenters. The van der Waals surface area contributed by atoms with Gasteiger partial charge in [0, 0.05) is 11.8 Å². The Kier molecular flexibility index (Phi) is 7.56. The molecule has 1 aliphatic rings. The van der Waals surface area contributed by atoms with Crippen molar-refractivity contribution in [3.63, 3.8) is 0 Å². The molecular formula is C19H23Cl2N5O3S2. The van der Waals surface area contributed by atoms with Crippen LogP contribution in [0.3, 0.4) is 0 Å². The van der Waals surface area contributed by atoms with Crippen molar-refractivity contribution in [3.05, 3.63) is 34.2 Å². The van der Waals surface area contributed by atoms with Crippen LogP contribution in [0.15, 0.2) is 23.4 Å². The maximum Gasteiger partial charge on any atom is 0.234 e. The first-order chi connectivity index (χ1) is 14.6. The number of hydrogen-bond acceptors (Lipinski definition) is 7. The fourth-order valence-electron chi connectivity index (χ4n) is 3.04. The first kappa shape index (κ1) is 23.9.